The number of allylic oxidation sites excluding steroid dienone is 7. The first kappa shape index (κ1) is 21.0. The maximum atomic E-state index is 9.22. The first-order chi connectivity index (χ1) is 12.2. The van der Waals surface area contributed by atoms with E-state index in [9.17, 15) is 5.26 Å². The van der Waals surface area contributed by atoms with Crippen LogP contribution in [0.15, 0.2) is 53.3 Å². The molecule has 0 unspecified atom stereocenters. The molecule has 1 aromatic carbocycles. The van der Waals surface area contributed by atoms with E-state index < -0.39 is 0 Å². The van der Waals surface area contributed by atoms with Gasteiger partial charge in [0, 0.05) is 24.5 Å². The highest BCUT2D eigenvalue weighted by atomic mass is 15.1. The van der Waals surface area contributed by atoms with Crippen LogP contribution in [0.3, 0.4) is 0 Å². The van der Waals surface area contributed by atoms with Crippen molar-refractivity contribution < 1.29 is 0 Å². The number of aryl methyl sites for hydroxylation is 1. The fraction of sp³-hybridized carbons (Fsp3) is 0.304. The molecule has 0 radical (unpaired) electrons. The number of nitrogens with zero attached hydrogens (tertiary/aromatic N) is 3. The summed E-state index contributed by atoms with van der Waals surface area (Å²) >= 11 is 0. The Morgan fingerprint density at radius 2 is 1.58 bits per heavy atom. The molecular formula is C23H27N3. The predicted molar refractivity (Wildman–Crippen MR) is 110 cm³/mol. The molecule has 134 valence electrons. The molecular weight excluding hydrogens is 318 g/mol. The number of hydrogen-bond acceptors (Lipinski definition) is 3. The number of benzene rings is 1. The Morgan fingerprint density at radius 1 is 0.923 bits per heavy atom. The van der Waals surface area contributed by atoms with Gasteiger partial charge in [-0.3, -0.25) is 0 Å². The van der Waals surface area contributed by atoms with Gasteiger partial charge >= 0.3 is 0 Å². The van der Waals surface area contributed by atoms with Gasteiger partial charge in [0.1, 0.15) is 0 Å². The van der Waals surface area contributed by atoms with Crippen LogP contribution in [-0.4, -0.2) is 7.05 Å². The second kappa shape index (κ2) is 9.44. The Kier molecular flexibility index (Phi) is 7.63. The van der Waals surface area contributed by atoms with Crippen molar-refractivity contribution in [3.8, 4) is 12.1 Å². The SMILES string of the molecule is C/C(C#N)=C(C)/C(C#N)=C/C=C/C=CN(C)c1cc(C)c(C)c(C)c1C. The van der Waals surface area contributed by atoms with Crippen LogP contribution in [-0.2, 0) is 0 Å². The van der Waals surface area contributed by atoms with Crippen molar-refractivity contribution in [2.75, 3.05) is 11.9 Å². The van der Waals surface area contributed by atoms with Crippen LogP contribution in [0.5, 0.6) is 0 Å². The van der Waals surface area contributed by atoms with Gasteiger partial charge in [-0.2, -0.15) is 10.5 Å². The van der Waals surface area contributed by atoms with E-state index in [1.54, 1.807) is 19.9 Å². The van der Waals surface area contributed by atoms with Crippen molar-refractivity contribution in [2.45, 2.75) is 41.5 Å². The summed E-state index contributed by atoms with van der Waals surface area (Å²) in [4.78, 5) is 2.10. The molecule has 0 aliphatic carbocycles. The normalized spacial score (nSPS) is 12.9. The van der Waals surface area contributed by atoms with Gasteiger partial charge in [0.15, 0.2) is 0 Å². The molecule has 1 rings (SSSR count). The minimum Gasteiger partial charge on any atom is -0.351 e. The molecule has 3 heteroatoms. The van der Waals surface area contributed by atoms with E-state index in [0.717, 1.165) is 0 Å². The Labute approximate surface area is 157 Å². The van der Waals surface area contributed by atoms with Crippen molar-refractivity contribution in [3.05, 3.63) is 75.5 Å². The van der Waals surface area contributed by atoms with E-state index in [1.165, 1.54) is 27.9 Å². The fourth-order valence-corrected chi connectivity index (χ4v) is 2.56. The summed E-state index contributed by atoms with van der Waals surface area (Å²) < 4.78 is 0. The van der Waals surface area contributed by atoms with Gasteiger partial charge in [-0.25, -0.2) is 0 Å². The molecule has 26 heavy (non-hydrogen) atoms. The van der Waals surface area contributed by atoms with E-state index in [4.69, 9.17) is 5.26 Å². The predicted octanol–water partition coefficient (Wildman–Crippen LogP) is 5.74. The monoisotopic (exact) mass is 345 g/mol. The minimum absolute atomic E-state index is 0.502. The molecule has 1 aromatic rings. The standard InChI is InChI=1S/C23H27N3/c1-16-13-23(21(6)20(5)18(16)3)26(7)12-10-8-9-11-22(15-25)19(4)17(2)14-24/h8-13H,1-7H3/b9-8+,12-10?,19-17-,22-11+. The summed E-state index contributed by atoms with van der Waals surface area (Å²) in [6, 6.07) is 6.42. The maximum Gasteiger partial charge on any atom is 0.0994 e. The Bertz CT molecular complexity index is 881. The number of nitriles is 2. The zero-order chi connectivity index (χ0) is 19.9. The molecule has 0 heterocycles. The quantitative estimate of drug-likeness (QED) is 0.505. The third-order valence-electron chi connectivity index (χ3n) is 4.88. The zero-order valence-electron chi connectivity index (χ0n) is 16.8. The summed E-state index contributed by atoms with van der Waals surface area (Å²) in [7, 11) is 2.03. The smallest absolute Gasteiger partial charge is 0.0994 e. The molecule has 0 aliphatic heterocycles. The number of rotatable bonds is 5. The topological polar surface area (TPSA) is 50.8 Å². The van der Waals surface area contributed by atoms with Crippen LogP contribution in [0.1, 0.15) is 36.1 Å². The highest BCUT2D eigenvalue weighted by molar-refractivity contribution is 5.61. The summed E-state index contributed by atoms with van der Waals surface area (Å²) in [6.07, 6.45) is 9.36. The van der Waals surface area contributed by atoms with Gasteiger partial charge in [0.25, 0.3) is 0 Å². The van der Waals surface area contributed by atoms with Crippen LogP contribution >= 0.6 is 0 Å². The molecule has 0 amide bonds. The van der Waals surface area contributed by atoms with Crippen molar-refractivity contribution in [1.29, 1.82) is 10.5 Å². The van der Waals surface area contributed by atoms with Gasteiger partial charge in [-0.1, -0.05) is 12.2 Å². The summed E-state index contributed by atoms with van der Waals surface area (Å²) in [5, 5.41) is 18.1. The van der Waals surface area contributed by atoms with Gasteiger partial charge in [0.2, 0.25) is 0 Å². The third-order valence-corrected chi connectivity index (χ3v) is 4.88. The first-order valence-corrected chi connectivity index (χ1v) is 8.58. The molecule has 0 aromatic heterocycles. The van der Waals surface area contributed by atoms with Gasteiger partial charge in [0.05, 0.1) is 17.7 Å². The van der Waals surface area contributed by atoms with Crippen LogP contribution in [0.2, 0.25) is 0 Å². The lowest BCUT2D eigenvalue weighted by molar-refractivity contribution is 1.13. The number of anilines is 1. The first-order valence-electron chi connectivity index (χ1n) is 8.58. The lowest BCUT2D eigenvalue weighted by Crippen LogP contribution is -2.11. The molecule has 0 atom stereocenters. The lowest BCUT2D eigenvalue weighted by Gasteiger charge is -2.21. The Morgan fingerprint density at radius 3 is 2.15 bits per heavy atom. The summed E-state index contributed by atoms with van der Waals surface area (Å²) in [5.41, 5.74) is 8.19. The van der Waals surface area contributed by atoms with Crippen LogP contribution in [0.25, 0.3) is 0 Å². The summed E-state index contributed by atoms with van der Waals surface area (Å²) in [6.45, 7) is 12.1. The third kappa shape index (κ3) is 4.98. The molecule has 3 nitrogen and oxygen atoms in total. The van der Waals surface area contributed by atoms with E-state index in [0.29, 0.717) is 16.7 Å². The highest BCUT2D eigenvalue weighted by Crippen LogP contribution is 2.27. The van der Waals surface area contributed by atoms with Crippen molar-refractivity contribution in [2.24, 2.45) is 0 Å². The van der Waals surface area contributed by atoms with Crippen LogP contribution in [0.4, 0.5) is 5.69 Å². The van der Waals surface area contributed by atoms with Gasteiger partial charge < -0.3 is 4.90 Å². The molecule has 0 fully saturated rings. The van der Waals surface area contributed by atoms with Gasteiger partial charge in [-0.05, 0) is 87.6 Å². The maximum absolute atomic E-state index is 9.22. The molecule has 0 N–H and O–H groups in total. The second-order valence-corrected chi connectivity index (χ2v) is 6.48. The summed E-state index contributed by atoms with van der Waals surface area (Å²) in [5.74, 6) is 0. The Balaban J connectivity index is 2.97. The van der Waals surface area contributed by atoms with Crippen LogP contribution < -0.4 is 4.90 Å². The fourth-order valence-electron chi connectivity index (χ4n) is 2.56. The largest absolute Gasteiger partial charge is 0.351 e. The van der Waals surface area contributed by atoms with Crippen molar-refractivity contribution >= 4 is 5.69 Å². The van der Waals surface area contributed by atoms with E-state index in [2.05, 4.69) is 50.8 Å². The highest BCUT2D eigenvalue weighted by Gasteiger charge is 2.08. The van der Waals surface area contributed by atoms with E-state index in [1.807, 2.05) is 31.5 Å². The molecule has 0 saturated heterocycles. The minimum atomic E-state index is 0.502. The second-order valence-electron chi connectivity index (χ2n) is 6.48. The molecule has 0 spiro atoms. The van der Waals surface area contributed by atoms with Gasteiger partial charge in [-0.15, -0.1) is 0 Å². The average molecular weight is 345 g/mol. The van der Waals surface area contributed by atoms with E-state index in [-0.39, 0.29) is 0 Å². The average Bonchev–Trinajstić information content (AvgIpc) is 2.64. The van der Waals surface area contributed by atoms with Crippen molar-refractivity contribution in [1.82, 2.24) is 0 Å². The molecule has 0 saturated carbocycles. The number of hydrogen-bond donors (Lipinski definition) is 0. The van der Waals surface area contributed by atoms with Crippen molar-refractivity contribution in [3.63, 3.8) is 0 Å². The van der Waals surface area contributed by atoms with E-state index >= 15 is 0 Å². The lowest BCUT2D eigenvalue weighted by atomic mass is 9.97. The molecule has 0 aliphatic rings. The Hall–Kier alpha value is -3.04. The zero-order valence-corrected chi connectivity index (χ0v) is 16.8. The molecule has 0 bridgehead atoms. The van der Waals surface area contributed by atoms with Crippen LogP contribution in [0, 0.1) is 50.4 Å².